The van der Waals surface area contributed by atoms with Crippen LogP contribution in [0.4, 0.5) is 4.39 Å². The summed E-state index contributed by atoms with van der Waals surface area (Å²) in [5.41, 5.74) is 0.791. The van der Waals surface area contributed by atoms with Crippen LogP contribution in [0.2, 0.25) is 0 Å². The number of hydrogen-bond donors (Lipinski definition) is 0. The Balaban J connectivity index is 2.75. The van der Waals surface area contributed by atoms with Crippen molar-refractivity contribution < 1.29 is 12.8 Å². The van der Waals surface area contributed by atoms with E-state index < -0.39 is 15.7 Å². The van der Waals surface area contributed by atoms with Crippen molar-refractivity contribution in [2.24, 2.45) is 0 Å². The van der Waals surface area contributed by atoms with Gasteiger partial charge in [-0.05, 0) is 41.7 Å². The molecule has 1 aromatic carbocycles. The van der Waals surface area contributed by atoms with Gasteiger partial charge >= 0.3 is 0 Å². The van der Waals surface area contributed by atoms with Crippen LogP contribution in [-0.4, -0.2) is 8.42 Å². The van der Waals surface area contributed by atoms with Crippen LogP contribution in [0.5, 0.6) is 0 Å². The van der Waals surface area contributed by atoms with E-state index in [1.165, 1.54) is 6.92 Å². The summed E-state index contributed by atoms with van der Waals surface area (Å²) < 4.78 is 37.6. The molecule has 2 rings (SSSR count). The van der Waals surface area contributed by atoms with Crippen LogP contribution in [0.15, 0.2) is 21.9 Å². The summed E-state index contributed by atoms with van der Waals surface area (Å²) in [6.07, 6.45) is 1.60. The van der Waals surface area contributed by atoms with Gasteiger partial charge in [0.05, 0.1) is 4.90 Å². The molecular weight excluding hydrogens is 239 g/mol. The molecular formula is C13H15FO2S. The molecule has 1 heterocycles. The molecule has 17 heavy (non-hydrogen) atoms. The molecule has 0 radical (unpaired) electrons. The van der Waals surface area contributed by atoms with E-state index in [1.807, 2.05) is 20.8 Å². The Morgan fingerprint density at radius 1 is 1.18 bits per heavy atom. The molecule has 0 saturated heterocycles. The Labute approximate surface area is 101 Å². The van der Waals surface area contributed by atoms with E-state index in [-0.39, 0.29) is 15.2 Å². The molecule has 0 saturated carbocycles. The minimum atomic E-state index is -3.45. The van der Waals surface area contributed by atoms with E-state index in [1.54, 1.807) is 12.1 Å². The first-order chi connectivity index (χ1) is 7.64. The molecule has 1 aliphatic heterocycles. The summed E-state index contributed by atoms with van der Waals surface area (Å²) in [7, 11) is -3.45. The van der Waals surface area contributed by atoms with E-state index >= 15 is 0 Å². The monoisotopic (exact) mass is 254 g/mol. The minimum absolute atomic E-state index is 0.0838. The molecule has 1 aliphatic rings. The van der Waals surface area contributed by atoms with Crippen molar-refractivity contribution in [1.82, 2.24) is 0 Å². The number of fused-ring (bicyclic) bond motifs is 1. The predicted octanol–water partition coefficient (Wildman–Crippen LogP) is 3.27. The average molecular weight is 254 g/mol. The van der Waals surface area contributed by atoms with Crippen LogP contribution in [0.1, 0.15) is 38.8 Å². The second-order valence-corrected chi connectivity index (χ2v) is 7.47. The Bertz CT molecular complexity index is 620. The Hall–Kier alpha value is -1.16. The highest BCUT2D eigenvalue weighted by atomic mass is 32.2. The lowest BCUT2D eigenvalue weighted by Crippen LogP contribution is -2.14. The summed E-state index contributed by atoms with van der Waals surface area (Å²) in [6.45, 7) is 7.23. The molecule has 0 spiro atoms. The summed E-state index contributed by atoms with van der Waals surface area (Å²) in [6, 6.07) is 2.77. The summed E-state index contributed by atoms with van der Waals surface area (Å²) in [4.78, 5) is 0.360. The Morgan fingerprint density at radius 3 is 2.29 bits per heavy atom. The number of allylic oxidation sites excluding steroid dienone is 1. The van der Waals surface area contributed by atoms with Crippen molar-refractivity contribution in [1.29, 1.82) is 0 Å². The highest BCUT2D eigenvalue weighted by molar-refractivity contribution is 7.95. The lowest BCUT2D eigenvalue weighted by atomic mass is 9.85. The van der Waals surface area contributed by atoms with Crippen molar-refractivity contribution in [3.63, 3.8) is 0 Å². The van der Waals surface area contributed by atoms with Crippen molar-refractivity contribution in [3.8, 4) is 0 Å². The van der Waals surface area contributed by atoms with Gasteiger partial charge < -0.3 is 0 Å². The van der Waals surface area contributed by atoms with Gasteiger partial charge in [-0.2, -0.15) is 0 Å². The highest BCUT2D eigenvalue weighted by Gasteiger charge is 2.30. The van der Waals surface area contributed by atoms with Crippen LogP contribution >= 0.6 is 0 Å². The Kier molecular flexibility index (Phi) is 2.47. The smallest absolute Gasteiger partial charge is 0.203 e. The van der Waals surface area contributed by atoms with E-state index in [4.69, 9.17) is 0 Å². The van der Waals surface area contributed by atoms with Crippen LogP contribution in [0.25, 0.3) is 6.08 Å². The molecule has 0 aromatic heterocycles. The predicted molar refractivity (Wildman–Crippen MR) is 65.9 cm³/mol. The molecule has 0 aliphatic carbocycles. The number of benzene rings is 1. The molecule has 0 N–H and O–H groups in total. The van der Waals surface area contributed by atoms with Gasteiger partial charge in [0, 0.05) is 4.91 Å². The fourth-order valence-corrected chi connectivity index (χ4v) is 3.28. The highest BCUT2D eigenvalue weighted by Crippen LogP contribution is 2.36. The quantitative estimate of drug-likeness (QED) is 0.712. The molecule has 2 nitrogen and oxygen atoms in total. The maximum Gasteiger partial charge on any atom is 0.203 e. The zero-order valence-corrected chi connectivity index (χ0v) is 11.2. The second kappa shape index (κ2) is 3.42. The zero-order chi connectivity index (χ0) is 13.0. The van der Waals surface area contributed by atoms with Crippen molar-refractivity contribution in [2.45, 2.75) is 38.0 Å². The van der Waals surface area contributed by atoms with E-state index in [0.717, 1.165) is 6.07 Å². The van der Waals surface area contributed by atoms with Gasteiger partial charge in [0.1, 0.15) is 5.82 Å². The number of halogens is 1. The third-order valence-corrected chi connectivity index (χ3v) is 4.88. The van der Waals surface area contributed by atoms with Crippen molar-refractivity contribution >= 4 is 15.9 Å². The van der Waals surface area contributed by atoms with Gasteiger partial charge in [0.15, 0.2) is 0 Å². The van der Waals surface area contributed by atoms with E-state index in [2.05, 4.69) is 0 Å². The minimum Gasteiger partial charge on any atom is -0.219 e. The molecule has 0 bridgehead atoms. The van der Waals surface area contributed by atoms with Gasteiger partial charge in [-0.1, -0.05) is 20.8 Å². The normalized spacial score (nSPS) is 17.8. The largest absolute Gasteiger partial charge is 0.219 e. The maximum atomic E-state index is 13.9. The Morgan fingerprint density at radius 2 is 1.76 bits per heavy atom. The average Bonchev–Trinajstić information content (AvgIpc) is 2.37. The van der Waals surface area contributed by atoms with Gasteiger partial charge in [-0.3, -0.25) is 0 Å². The molecule has 0 atom stereocenters. The summed E-state index contributed by atoms with van der Waals surface area (Å²) >= 11 is 0. The van der Waals surface area contributed by atoms with Gasteiger partial charge in [-0.25, -0.2) is 12.8 Å². The van der Waals surface area contributed by atoms with Crippen molar-refractivity contribution in [3.05, 3.63) is 34.0 Å². The molecule has 0 unspecified atom stereocenters. The lowest BCUT2D eigenvalue weighted by molar-refractivity contribution is 0.519. The lowest BCUT2D eigenvalue weighted by Gasteiger charge is -2.20. The summed E-state index contributed by atoms with van der Waals surface area (Å²) in [5.74, 6) is -0.456. The molecule has 92 valence electrons. The molecule has 4 heteroatoms. The zero-order valence-electron chi connectivity index (χ0n) is 10.3. The molecule has 1 aromatic rings. The van der Waals surface area contributed by atoms with E-state index in [0.29, 0.717) is 11.1 Å². The van der Waals surface area contributed by atoms with Gasteiger partial charge in [0.25, 0.3) is 0 Å². The third kappa shape index (κ3) is 1.80. The number of hydrogen-bond acceptors (Lipinski definition) is 2. The first kappa shape index (κ1) is 12.3. The fraction of sp³-hybridized carbons (Fsp3) is 0.385. The topological polar surface area (TPSA) is 34.1 Å². The molecule has 0 fully saturated rings. The van der Waals surface area contributed by atoms with Crippen LogP contribution in [0, 0.1) is 5.82 Å². The SMILES string of the molecule is CC1=Cc2cc(C(C)(C)C)c(F)cc2S1(=O)=O. The van der Waals surface area contributed by atoms with Crippen LogP contribution < -0.4 is 0 Å². The van der Waals surface area contributed by atoms with Crippen LogP contribution in [-0.2, 0) is 15.3 Å². The fourth-order valence-electron chi connectivity index (χ4n) is 1.96. The van der Waals surface area contributed by atoms with Gasteiger partial charge in [0.2, 0.25) is 9.84 Å². The van der Waals surface area contributed by atoms with E-state index in [9.17, 15) is 12.8 Å². The first-order valence-electron chi connectivity index (χ1n) is 5.41. The number of sulfone groups is 1. The standard InChI is InChI=1S/C13H15FO2S/c1-8-5-9-6-10(13(2,3)4)11(14)7-12(9)17(8,15)16/h5-7H,1-4H3. The summed E-state index contributed by atoms with van der Waals surface area (Å²) in [5, 5.41) is 0. The number of rotatable bonds is 0. The maximum absolute atomic E-state index is 13.9. The second-order valence-electron chi connectivity index (χ2n) is 5.38. The van der Waals surface area contributed by atoms with Crippen molar-refractivity contribution in [2.75, 3.05) is 0 Å². The third-order valence-electron chi connectivity index (χ3n) is 2.98. The first-order valence-corrected chi connectivity index (χ1v) is 6.90. The molecule has 0 amide bonds. The van der Waals surface area contributed by atoms with Crippen LogP contribution in [0.3, 0.4) is 0 Å². The van der Waals surface area contributed by atoms with Gasteiger partial charge in [-0.15, -0.1) is 0 Å².